The Morgan fingerprint density at radius 1 is 1.10 bits per heavy atom. The van der Waals surface area contributed by atoms with Gasteiger partial charge in [0.25, 0.3) is 0 Å². The van der Waals surface area contributed by atoms with Crippen LogP contribution in [0.1, 0.15) is 45.1 Å². The molecule has 0 radical (unpaired) electrons. The molecule has 1 fully saturated rings. The van der Waals surface area contributed by atoms with Crippen molar-refractivity contribution in [3.8, 4) is 5.75 Å². The lowest BCUT2D eigenvalue weighted by atomic mass is 10.1. The van der Waals surface area contributed by atoms with Gasteiger partial charge < -0.3 is 15.0 Å². The summed E-state index contributed by atoms with van der Waals surface area (Å²) in [7, 11) is 0. The molecule has 21 heavy (non-hydrogen) atoms. The Labute approximate surface area is 129 Å². The molecule has 0 bridgehead atoms. The number of rotatable bonds is 8. The lowest BCUT2D eigenvalue weighted by Gasteiger charge is -2.26. The summed E-state index contributed by atoms with van der Waals surface area (Å²) in [5, 5.41) is 3.53. The first kappa shape index (κ1) is 16.3. The maximum absolute atomic E-state index is 5.65. The summed E-state index contributed by atoms with van der Waals surface area (Å²) < 4.78 is 5.65. The van der Waals surface area contributed by atoms with Crippen molar-refractivity contribution >= 4 is 0 Å². The van der Waals surface area contributed by atoms with E-state index < -0.39 is 0 Å². The summed E-state index contributed by atoms with van der Waals surface area (Å²) in [5.74, 6) is 0.957. The zero-order valence-electron chi connectivity index (χ0n) is 13.6. The Morgan fingerprint density at radius 3 is 2.48 bits per heavy atom. The van der Waals surface area contributed by atoms with E-state index in [1.165, 1.54) is 50.9 Å². The minimum atomic E-state index is 0.240. The molecule has 118 valence electrons. The fraction of sp³-hybridized carbons (Fsp3) is 0.667. The van der Waals surface area contributed by atoms with Crippen LogP contribution < -0.4 is 10.1 Å². The van der Waals surface area contributed by atoms with Gasteiger partial charge in [-0.15, -0.1) is 0 Å². The number of hydrogen-bond acceptors (Lipinski definition) is 3. The third kappa shape index (κ3) is 6.49. The van der Waals surface area contributed by atoms with Gasteiger partial charge in [0, 0.05) is 6.54 Å². The van der Waals surface area contributed by atoms with Crippen molar-refractivity contribution in [1.29, 1.82) is 0 Å². The minimum Gasteiger partial charge on any atom is -0.491 e. The van der Waals surface area contributed by atoms with Crippen LogP contribution in [-0.4, -0.2) is 37.2 Å². The van der Waals surface area contributed by atoms with Crippen molar-refractivity contribution in [3.05, 3.63) is 29.8 Å². The summed E-state index contributed by atoms with van der Waals surface area (Å²) in [4.78, 5) is 2.60. The summed E-state index contributed by atoms with van der Waals surface area (Å²) in [5.41, 5.74) is 1.32. The highest BCUT2D eigenvalue weighted by Gasteiger charge is 2.08. The number of piperidine rings is 1. The SMILES string of the molecule is CC(C)Oc1ccc(CNCCCN2CCCCC2)cc1. The minimum absolute atomic E-state index is 0.240. The van der Waals surface area contributed by atoms with Crippen LogP contribution in [0.25, 0.3) is 0 Å². The lowest BCUT2D eigenvalue weighted by molar-refractivity contribution is 0.225. The van der Waals surface area contributed by atoms with Crippen LogP contribution in [-0.2, 0) is 6.54 Å². The molecule has 0 spiro atoms. The van der Waals surface area contributed by atoms with Gasteiger partial charge in [0.15, 0.2) is 0 Å². The number of benzene rings is 1. The second-order valence-electron chi connectivity index (χ2n) is 6.24. The van der Waals surface area contributed by atoms with Crippen molar-refractivity contribution in [1.82, 2.24) is 10.2 Å². The van der Waals surface area contributed by atoms with E-state index in [2.05, 4.69) is 48.3 Å². The van der Waals surface area contributed by atoms with Gasteiger partial charge >= 0.3 is 0 Å². The Bertz CT molecular complexity index is 383. The Kier molecular flexibility index (Phi) is 7.04. The second-order valence-corrected chi connectivity index (χ2v) is 6.24. The highest BCUT2D eigenvalue weighted by Crippen LogP contribution is 2.13. The molecule has 1 aliphatic rings. The molecule has 3 nitrogen and oxygen atoms in total. The van der Waals surface area contributed by atoms with Crippen molar-refractivity contribution in [2.24, 2.45) is 0 Å². The first-order chi connectivity index (χ1) is 10.2. The number of hydrogen-bond donors (Lipinski definition) is 1. The maximum Gasteiger partial charge on any atom is 0.119 e. The number of likely N-dealkylation sites (tertiary alicyclic amines) is 1. The smallest absolute Gasteiger partial charge is 0.119 e. The highest BCUT2D eigenvalue weighted by molar-refractivity contribution is 5.27. The molecular weight excluding hydrogens is 260 g/mol. The topological polar surface area (TPSA) is 24.5 Å². The van der Waals surface area contributed by atoms with Gasteiger partial charge in [-0.05, 0) is 77.0 Å². The van der Waals surface area contributed by atoms with E-state index in [9.17, 15) is 0 Å². The van der Waals surface area contributed by atoms with Crippen LogP contribution in [0, 0.1) is 0 Å². The van der Waals surface area contributed by atoms with E-state index >= 15 is 0 Å². The molecule has 3 heteroatoms. The molecule has 1 heterocycles. The zero-order valence-corrected chi connectivity index (χ0v) is 13.6. The van der Waals surface area contributed by atoms with Crippen molar-refractivity contribution in [3.63, 3.8) is 0 Å². The van der Waals surface area contributed by atoms with Gasteiger partial charge in [-0.3, -0.25) is 0 Å². The molecule has 1 N–H and O–H groups in total. The Balaban J connectivity index is 1.57. The van der Waals surface area contributed by atoms with E-state index in [4.69, 9.17) is 4.74 Å². The van der Waals surface area contributed by atoms with E-state index in [0.717, 1.165) is 18.8 Å². The maximum atomic E-state index is 5.65. The molecule has 1 aliphatic heterocycles. The van der Waals surface area contributed by atoms with Crippen LogP contribution >= 0.6 is 0 Å². The number of nitrogens with one attached hydrogen (secondary N) is 1. The van der Waals surface area contributed by atoms with Gasteiger partial charge in [-0.1, -0.05) is 18.6 Å². The van der Waals surface area contributed by atoms with Crippen LogP contribution in [0.4, 0.5) is 0 Å². The largest absolute Gasteiger partial charge is 0.491 e. The molecule has 0 saturated carbocycles. The molecular formula is C18H30N2O. The summed E-state index contributed by atoms with van der Waals surface area (Å²) in [6.45, 7) is 10.0. The van der Waals surface area contributed by atoms with Gasteiger partial charge in [-0.2, -0.15) is 0 Å². The van der Waals surface area contributed by atoms with Crippen molar-refractivity contribution < 1.29 is 4.74 Å². The number of ether oxygens (including phenoxy) is 1. The van der Waals surface area contributed by atoms with Gasteiger partial charge in [0.1, 0.15) is 5.75 Å². The highest BCUT2D eigenvalue weighted by atomic mass is 16.5. The molecule has 0 unspecified atom stereocenters. The zero-order chi connectivity index (χ0) is 14.9. The van der Waals surface area contributed by atoms with Crippen LogP contribution in [0.3, 0.4) is 0 Å². The lowest BCUT2D eigenvalue weighted by Crippen LogP contribution is -2.32. The fourth-order valence-corrected chi connectivity index (χ4v) is 2.80. The average Bonchev–Trinajstić information content (AvgIpc) is 2.49. The Morgan fingerprint density at radius 2 is 1.81 bits per heavy atom. The molecule has 1 aromatic rings. The van der Waals surface area contributed by atoms with Crippen LogP contribution in [0.15, 0.2) is 24.3 Å². The number of nitrogens with zero attached hydrogens (tertiary/aromatic N) is 1. The molecule has 0 aliphatic carbocycles. The molecule has 1 aromatic carbocycles. The van der Waals surface area contributed by atoms with E-state index in [-0.39, 0.29) is 6.10 Å². The average molecular weight is 290 g/mol. The predicted octanol–water partition coefficient (Wildman–Crippen LogP) is 3.44. The normalized spacial score (nSPS) is 16.3. The van der Waals surface area contributed by atoms with Crippen molar-refractivity contribution in [2.75, 3.05) is 26.2 Å². The van der Waals surface area contributed by atoms with E-state index in [1.54, 1.807) is 0 Å². The monoisotopic (exact) mass is 290 g/mol. The van der Waals surface area contributed by atoms with Gasteiger partial charge in [0.05, 0.1) is 6.10 Å². The summed E-state index contributed by atoms with van der Waals surface area (Å²) >= 11 is 0. The summed E-state index contributed by atoms with van der Waals surface area (Å²) in [6, 6.07) is 8.42. The second kappa shape index (κ2) is 9.06. The van der Waals surface area contributed by atoms with Crippen molar-refractivity contribution in [2.45, 2.75) is 52.2 Å². The molecule has 1 saturated heterocycles. The molecule has 0 aromatic heterocycles. The molecule has 2 rings (SSSR count). The van der Waals surface area contributed by atoms with E-state index in [1.807, 2.05) is 0 Å². The fourth-order valence-electron chi connectivity index (χ4n) is 2.80. The first-order valence-electron chi connectivity index (χ1n) is 8.43. The Hall–Kier alpha value is -1.06. The van der Waals surface area contributed by atoms with Gasteiger partial charge in [0.2, 0.25) is 0 Å². The molecule has 0 amide bonds. The molecule has 0 atom stereocenters. The van der Waals surface area contributed by atoms with Crippen LogP contribution in [0.2, 0.25) is 0 Å². The first-order valence-corrected chi connectivity index (χ1v) is 8.43. The third-order valence-electron chi connectivity index (χ3n) is 3.90. The predicted molar refractivity (Wildman–Crippen MR) is 88.8 cm³/mol. The third-order valence-corrected chi connectivity index (χ3v) is 3.90. The summed E-state index contributed by atoms with van der Waals surface area (Å²) in [6.07, 6.45) is 5.68. The van der Waals surface area contributed by atoms with Gasteiger partial charge in [-0.25, -0.2) is 0 Å². The van der Waals surface area contributed by atoms with Crippen LogP contribution in [0.5, 0.6) is 5.75 Å². The standard InChI is InChI=1S/C18H30N2O/c1-16(2)21-18-9-7-17(8-10-18)15-19-11-6-14-20-12-4-3-5-13-20/h7-10,16,19H,3-6,11-15H2,1-2H3. The quantitative estimate of drug-likeness (QED) is 0.742. The van der Waals surface area contributed by atoms with E-state index in [0.29, 0.717) is 0 Å².